The molecular weight excluding hydrogens is 387 g/mol. The molecule has 3 amide bonds. The molecule has 0 bridgehead atoms. The van der Waals surface area contributed by atoms with Gasteiger partial charge in [-0.3, -0.25) is 19.3 Å². The number of carbonyl (C=O) groups excluding carboxylic acids is 3. The summed E-state index contributed by atoms with van der Waals surface area (Å²) in [5, 5.41) is 0.660. The zero-order chi connectivity index (χ0) is 18.0. The maximum atomic E-state index is 12.3. The summed E-state index contributed by atoms with van der Waals surface area (Å²) in [6, 6.07) is 4.69. The minimum Gasteiger partial charge on any atom is -0.482 e. The van der Waals surface area contributed by atoms with E-state index in [-0.39, 0.29) is 35.5 Å². The van der Waals surface area contributed by atoms with Gasteiger partial charge in [-0.15, -0.1) is 0 Å². The second-order valence-corrected chi connectivity index (χ2v) is 7.56. The van der Waals surface area contributed by atoms with E-state index in [1.54, 1.807) is 23.1 Å². The van der Waals surface area contributed by atoms with E-state index in [2.05, 4.69) is 0 Å². The first-order chi connectivity index (χ1) is 12.0. The average Bonchev–Trinajstić information content (AvgIpc) is 2.92. The van der Waals surface area contributed by atoms with Crippen LogP contribution in [0.25, 0.3) is 0 Å². The molecule has 0 spiro atoms. The van der Waals surface area contributed by atoms with Crippen LogP contribution in [0.1, 0.15) is 12.8 Å². The number of rotatable bonds is 4. The summed E-state index contributed by atoms with van der Waals surface area (Å²) in [7, 11) is 0. The van der Waals surface area contributed by atoms with Gasteiger partial charge in [-0.1, -0.05) is 35.0 Å². The predicted octanol–water partition coefficient (Wildman–Crippen LogP) is 3.06. The number of thioether (sulfide) groups is 1. The van der Waals surface area contributed by atoms with Crippen LogP contribution in [0.5, 0.6) is 5.75 Å². The largest absolute Gasteiger partial charge is 0.482 e. The van der Waals surface area contributed by atoms with Gasteiger partial charge in [-0.05, 0) is 31.0 Å². The lowest BCUT2D eigenvalue weighted by molar-refractivity contribution is -0.135. The Kier molecular flexibility index (Phi) is 5.76. The molecule has 9 heteroatoms. The number of benzene rings is 1. The minimum atomic E-state index is -0.185. The van der Waals surface area contributed by atoms with Crippen LogP contribution < -0.4 is 4.74 Å². The first-order valence-corrected chi connectivity index (χ1v) is 9.54. The molecule has 6 nitrogen and oxygen atoms in total. The Hall–Kier alpha value is -1.44. The van der Waals surface area contributed by atoms with E-state index in [9.17, 15) is 14.4 Å². The van der Waals surface area contributed by atoms with Crippen LogP contribution in [0.2, 0.25) is 10.0 Å². The zero-order valence-corrected chi connectivity index (χ0v) is 15.6. The van der Waals surface area contributed by atoms with Crippen LogP contribution in [0.4, 0.5) is 4.79 Å². The number of hydrogen-bond donors (Lipinski definition) is 0. The molecule has 0 atom stereocenters. The van der Waals surface area contributed by atoms with E-state index in [1.807, 2.05) is 0 Å². The average molecular weight is 403 g/mol. The van der Waals surface area contributed by atoms with Gasteiger partial charge in [0.1, 0.15) is 5.75 Å². The van der Waals surface area contributed by atoms with Crippen molar-refractivity contribution in [3.05, 3.63) is 28.2 Å². The van der Waals surface area contributed by atoms with Gasteiger partial charge in [-0.2, -0.15) is 0 Å². The molecule has 3 rings (SSSR count). The molecule has 0 aromatic heterocycles. The standard InChI is InChI=1S/C16H16Cl2N2O4S/c17-10-1-2-13(12(18)7-10)24-8-14(21)19-5-3-11(4-6-19)20-15(22)9-25-16(20)23/h1-2,7,11H,3-6,8-9H2. The smallest absolute Gasteiger partial charge is 0.289 e. The Morgan fingerprint density at radius 3 is 2.56 bits per heavy atom. The molecule has 1 aromatic rings. The van der Waals surface area contributed by atoms with Gasteiger partial charge in [0.25, 0.3) is 11.1 Å². The molecule has 0 aliphatic carbocycles. The number of piperidine rings is 1. The highest BCUT2D eigenvalue weighted by Gasteiger charge is 2.37. The van der Waals surface area contributed by atoms with Crippen molar-refractivity contribution >= 4 is 52.0 Å². The molecule has 0 radical (unpaired) electrons. The third-order valence-corrected chi connectivity index (χ3v) is 5.58. The van der Waals surface area contributed by atoms with E-state index in [0.29, 0.717) is 41.7 Å². The molecule has 2 heterocycles. The summed E-state index contributed by atoms with van der Waals surface area (Å²) in [5.74, 6) is 0.325. The third kappa shape index (κ3) is 4.22. The number of likely N-dealkylation sites (tertiary alicyclic amines) is 1. The van der Waals surface area contributed by atoms with Crippen LogP contribution in [0, 0.1) is 0 Å². The third-order valence-electron chi connectivity index (χ3n) is 4.21. The number of ether oxygens (including phenoxy) is 1. The van der Waals surface area contributed by atoms with Crippen molar-refractivity contribution in [3.63, 3.8) is 0 Å². The van der Waals surface area contributed by atoms with E-state index in [0.717, 1.165) is 11.8 Å². The molecule has 0 N–H and O–H groups in total. The predicted molar refractivity (Wildman–Crippen MR) is 96.3 cm³/mol. The fourth-order valence-electron chi connectivity index (χ4n) is 2.91. The topological polar surface area (TPSA) is 66.9 Å². The van der Waals surface area contributed by atoms with Crippen molar-refractivity contribution in [1.82, 2.24) is 9.80 Å². The summed E-state index contributed by atoms with van der Waals surface area (Å²) >= 11 is 12.9. The molecule has 0 unspecified atom stereocenters. The lowest BCUT2D eigenvalue weighted by atomic mass is 10.0. The van der Waals surface area contributed by atoms with Gasteiger partial charge in [0.15, 0.2) is 6.61 Å². The van der Waals surface area contributed by atoms with Crippen LogP contribution in [-0.4, -0.2) is 58.3 Å². The Bertz CT molecular complexity index is 691. The Labute approximate surface area is 159 Å². The minimum absolute atomic E-state index is 0.120. The number of carbonyl (C=O) groups is 3. The van der Waals surface area contributed by atoms with E-state index in [4.69, 9.17) is 27.9 Å². The monoisotopic (exact) mass is 402 g/mol. The number of hydrogen-bond acceptors (Lipinski definition) is 5. The number of halogens is 2. The number of nitrogens with zero attached hydrogens (tertiary/aromatic N) is 2. The molecule has 2 fully saturated rings. The first-order valence-electron chi connectivity index (χ1n) is 7.80. The van der Waals surface area contributed by atoms with Crippen LogP contribution in [-0.2, 0) is 9.59 Å². The molecule has 134 valence electrons. The van der Waals surface area contributed by atoms with Crippen molar-refractivity contribution in [2.45, 2.75) is 18.9 Å². The Morgan fingerprint density at radius 1 is 1.24 bits per heavy atom. The SMILES string of the molecule is O=C(COc1ccc(Cl)cc1Cl)N1CCC(N2C(=O)CSC2=O)CC1. The van der Waals surface area contributed by atoms with Gasteiger partial charge in [-0.25, -0.2) is 0 Å². The quantitative estimate of drug-likeness (QED) is 0.773. The molecule has 2 saturated heterocycles. The zero-order valence-electron chi connectivity index (χ0n) is 13.2. The van der Waals surface area contributed by atoms with Gasteiger partial charge < -0.3 is 9.64 Å². The molecule has 1 aromatic carbocycles. The highest BCUT2D eigenvalue weighted by Crippen LogP contribution is 2.28. The Morgan fingerprint density at radius 2 is 1.96 bits per heavy atom. The normalized spacial score (nSPS) is 18.8. The van der Waals surface area contributed by atoms with Gasteiger partial charge >= 0.3 is 0 Å². The Balaban J connectivity index is 1.50. The first kappa shape index (κ1) is 18.4. The lowest BCUT2D eigenvalue weighted by Crippen LogP contribution is -2.49. The maximum absolute atomic E-state index is 12.3. The number of amides is 3. The van der Waals surface area contributed by atoms with Gasteiger partial charge in [0.2, 0.25) is 5.91 Å². The molecular formula is C16H16Cl2N2O4S. The molecule has 0 saturated carbocycles. The summed E-state index contributed by atoms with van der Waals surface area (Å²) in [5.41, 5.74) is 0. The van der Waals surface area contributed by atoms with Crippen molar-refractivity contribution < 1.29 is 19.1 Å². The van der Waals surface area contributed by atoms with E-state index < -0.39 is 0 Å². The summed E-state index contributed by atoms with van der Waals surface area (Å²) < 4.78 is 5.46. The number of imide groups is 1. The van der Waals surface area contributed by atoms with E-state index in [1.165, 1.54) is 4.90 Å². The van der Waals surface area contributed by atoms with Gasteiger partial charge in [0, 0.05) is 24.2 Å². The molecule has 2 aliphatic rings. The highest BCUT2D eigenvalue weighted by atomic mass is 35.5. The second-order valence-electron chi connectivity index (χ2n) is 5.79. The highest BCUT2D eigenvalue weighted by molar-refractivity contribution is 8.14. The van der Waals surface area contributed by atoms with Crippen LogP contribution >= 0.6 is 35.0 Å². The van der Waals surface area contributed by atoms with Crippen molar-refractivity contribution in [1.29, 1.82) is 0 Å². The van der Waals surface area contributed by atoms with Crippen LogP contribution in [0.15, 0.2) is 18.2 Å². The second kappa shape index (κ2) is 7.85. The molecule has 2 aliphatic heterocycles. The lowest BCUT2D eigenvalue weighted by Gasteiger charge is -2.35. The maximum Gasteiger partial charge on any atom is 0.289 e. The molecule has 25 heavy (non-hydrogen) atoms. The summed E-state index contributed by atoms with van der Waals surface area (Å²) in [6.45, 7) is 0.856. The van der Waals surface area contributed by atoms with Crippen molar-refractivity contribution in [2.24, 2.45) is 0 Å². The fourth-order valence-corrected chi connectivity index (χ4v) is 4.15. The summed E-state index contributed by atoms with van der Waals surface area (Å²) in [4.78, 5) is 38.8. The summed E-state index contributed by atoms with van der Waals surface area (Å²) in [6.07, 6.45) is 1.18. The van der Waals surface area contributed by atoms with Crippen LogP contribution in [0.3, 0.4) is 0 Å². The van der Waals surface area contributed by atoms with Crippen molar-refractivity contribution in [2.75, 3.05) is 25.4 Å². The van der Waals surface area contributed by atoms with Crippen molar-refractivity contribution in [3.8, 4) is 5.75 Å². The van der Waals surface area contributed by atoms with Gasteiger partial charge in [0.05, 0.1) is 10.8 Å². The fraction of sp³-hybridized carbons (Fsp3) is 0.438. The van der Waals surface area contributed by atoms with E-state index >= 15 is 0 Å².